The molecule has 86 valence electrons. The first-order chi connectivity index (χ1) is 7.68. The molecule has 1 fully saturated rings. The average Bonchev–Trinajstić information content (AvgIpc) is 2.74. The van der Waals surface area contributed by atoms with E-state index in [1.54, 1.807) is 25.1 Å². The largest absolute Gasteiger partial charge is 0.507 e. The van der Waals surface area contributed by atoms with E-state index in [9.17, 15) is 9.90 Å². The second-order valence-corrected chi connectivity index (χ2v) is 4.13. The number of nitrogens with one attached hydrogen (secondary N) is 2. The molecule has 0 unspecified atom stereocenters. The minimum atomic E-state index is -0.199. The van der Waals surface area contributed by atoms with Crippen LogP contribution >= 0.6 is 0 Å². The maximum absolute atomic E-state index is 11.9. The molecule has 4 heteroatoms. The van der Waals surface area contributed by atoms with Crippen molar-refractivity contribution in [1.29, 1.82) is 0 Å². The van der Waals surface area contributed by atoms with Gasteiger partial charge in [-0.15, -0.1) is 0 Å². The van der Waals surface area contributed by atoms with Crippen LogP contribution in [0.25, 0.3) is 0 Å². The molecule has 1 aliphatic heterocycles. The standard InChI is InChI=1S/C12H16N2O2/c1-8-3-2-4-10(11(8)15)12(16)14-9-5-6-13-7-9/h2-4,9,13,15H,5-7H2,1H3,(H,14,16)/t9-/m0/s1. The van der Waals surface area contributed by atoms with Gasteiger partial charge in [0.05, 0.1) is 5.56 Å². The summed E-state index contributed by atoms with van der Waals surface area (Å²) in [5, 5.41) is 15.8. The van der Waals surface area contributed by atoms with E-state index < -0.39 is 0 Å². The van der Waals surface area contributed by atoms with E-state index in [1.165, 1.54) is 0 Å². The van der Waals surface area contributed by atoms with Crippen LogP contribution in [0.5, 0.6) is 5.75 Å². The number of hydrogen-bond acceptors (Lipinski definition) is 3. The maximum Gasteiger partial charge on any atom is 0.255 e. The van der Waals surface area contributed by atoms with Crippen molar-refractivity contribution in [1.82, 2.24) is 10.6 Å². The van der Waals surface area contributed by atoms with E-state index in [0.717, 1.165) is 25.1 Å². The van der Waals surface area contributed by atoms with Crippen molar-refractivity contribution in [3.8, 4) is 5.75 Å². The summed E-state index contributed by atoms with van der Waals surface area (Å²) in [4.78, 5) is 11.9. The molecule has 16 heavy (non-hydrogen) atoms. The summed E-state index contributed by atoms with van der Waals surface area (Å²) in [6, 6.07) is 5.37. The molecule has 1 heterocycles. The molecule has 4 nitrogen and oxygen atoms in total. The van der Waals surface area contributed by atoms with Gasteiger partial charge in [0.15, 0.2) is 0 Å². The van der Waals surface area contributed by atoms with E-state index in [-0.39, 0.29) is 17.7 Å². The molecule has 0 aromatic heterocycles. The highest BCUT2D eigenvalue weighted by molar-refractivity contribution is 5.97. The number of carbonyl (C=O) groups is 1. The van der Waals surface area contributed by atoms with E-state index in [2.05, 4.69) is 10.6 Å². The molecule has 0 aliphatic carbocycles. The molecular weight excluding hydrogens is 204 g/mol. The van der Waals surface area contributed by atoms with E-state index >= 15 is 0 Å². The lowest BCUT2D eigenvalue weighted by molar-refractivity contribution is 0.0937. The maximum atomic E-state index is 11.9. The van der Waals surface area contributed by atoms with Crippen LogP contribution < -0.4 is 10.6 Å². The van der Waals surface area contributed by atoms with Gasteiger partial charge in [0.2, 0.25) is 0 Å². The zero-order valence-electron chi connectivity index (χ0n) is 9.29. The van der Waals surface area contributed by atoms with Crippen molar-refractivity contribution in [2.75, 3.05) is 13.1 Å². The molecule has 1 amide bonds. The van der Waals surface area contributed by atoms with E-state index in [0.29, 0.717) is 5.56 Å². The number of phenols is 1. The Labute approximate surface area is 94.7 Å². The van der Waals surface area contributed by atoms with Gasteiger partial charge in [-0.2, -0.15) is 0 Å². The molecule has 1 atom stereocenters. The number of phenolic OH excluding ortho intramolecular Hbond substituents is 1. The monoisotopic (exact) mass is 220 g/mol. The first-order valence-electron chi connectivity index (χ1n) is 5.48. The van der Waals surface area contributed by atoms with Gasteiger partial charge in [-0.05, 0) is 31.5 Å². The fourth-order valence-corrected chi connectivity index (χ4v) is 1.88. The highest BCUT2D eigenvalue weighted by Gasteiger charge is 2.19. The highest BCUT2D eigenvalue weighted by Crippen LogP contribution is 2.21. The predicted octanol–water partition coefficient (Wildman–Crippen LogP) is 0.792. The second kappa shape index (κ2) is 4.53. The van der Waals surface area contributed by atoms with Gasteiger partial charge >= 0.3 is 0 Å². The Morgan fingerprint density at radius 1 is 1.56 bits per heavy atom. The van der Waals surface area contributed by atoms with Crippen LogP contribution in [0.2, 0.25) is 0 Å². The lowest BCUT2D eigenvalue weighted by atomic mass is 10.1. The summed E-state index contributed by atoms with van der Waals surface area (Å²) in [5.74, 6) is -0.124. The molecule has 3 N–H and O–H groups in total. The fraction of sp³-hybridized carbons (Fsp3) is 0.417. The first-order valence-corrected chi connectivity index (χ1v) is 5.48. The van der Waals surface area contributed by atoms with Crippen LogP contribution in [0, 0.1) is 6.92 Å². The van der Waals surface area contributed by atoms with Gasteiger partial charge in [0.25, 0.3) is 5.91 Å². The van der Waals surface area contributed by atoms with Gasteiger partial charge in [-0.25, -0.2) is 0 Å². The summed E-state index contributed by atoms with van der Waals surface area (Å²) in [6.45, 7) is 3.52. The lowest BCUT2D eigenvalue weighted by Gasteiger charge is -2.12. The third-order valence-corrected chi connectivity index (χ3v) is 2.88. The Morgan fingerprint density at radius 3 is 3.06 bits per heavy atom. The molecule has 1 saturated heterocycles. The predicted molar refractivity (Wildman–Crippen MR) is 61.6 cm³/mol. The van der Waals surface area contributed by atoms with Crippen LogP contribution in [0.1, 0.15) is 22.3 Å². The Morgan fingerprint density at radius 2 is 2.38 bits per heavy atom. The van der Waals surface area contributed by atoms with Gasteiger partial charge in [0, 0.05) is 12.6 Å². The molecule has 0 bridgehead atoms. The minimum absolute atomic E-state index is 0.0750. The summed E-state index contributed by atoms with van der Waals surface area (Å²) >= 11 is 0. The molecule has 1 aromatic rings. The Kier molecular flexibility index (Phi) is 3.10. The van der Waals surface area contributed by atoms with Crippen LogP contribution in [-0.2, 0) is 0 Å². The third-order valence-electron chi connectivity index (χ3n) is 2.88. The third kappa shape index (κ3) is 2.17. The van der Waals surface area contributed by atoms with Crippen molar-refractivity contribution in [2.24, 2.45) is 0 Å². The molecule has 1 aromatic carbocycles. The van der Waals surface area contributed by atoms with Crippen molar-refractivity contribution in [3.05, 3.63) is 29.3 Å². The summed E-state index contributed by atoms with van der Waals surface area (Å²) in [5.41, 5.74) is 1.07. The number of aryl methyl sites for hydroxylation is 1. The lowest BCUT2D eigenvalue weighted by Crippen LogP contribution is -2.36. The molecule has 1 aliphatic rings. The van der Waals surface area contributed by atoms with Gasteiger partial charge in [0.1, 0.15) is 5.75 Å². The fourth-order valence-electron chi connectivity index (χ4n) is 1.88. The van der Waals surface area contributed by atoms with Crippen molar-refractivity contribution in [3.63, 3.8) is 0 Å². The number of amides is 1. The number of aromatic hydroxyl groups is 1. The summed E-state index contributed by atoms with van der Waals surface area (Å²) < 4.78 is 0. The number of para-hydroxylation sites is 1. The molecule has 0 saturated carbocycles. The van der Waals surface area contributed by atoms with E-state index in [1.807, 2.05) is 0 Å². The molecule has 2 rings (SSSR count). The number of carbonyl (C=O) groups excluding carboxylic acids is 1. The number of hydrogen-bond donors (Lipinski definition) is 3. The second-order valence-electron chi connectivity index (χ2n) is 4.13. The van der Waals surface area contributed by atoms with E-state index in [4.69, 9.17) is 0 Å². The Balaban J connectivity index is 2.11. The number of rotatable bonds is 2. The summed E-state index contributed by atoms with van der Waals surface area (Å²) in [7, 11) is 0. The molecular formula is C12H16N2O2. The van der Waals surface area contributed by atoms with Gasteiger partial charge in [-0.3, -0.25) is 4.79 Å². The Hall–Kier alpha value is -1.55. The Bertz CT molecular complexity index is 398. The van der Waals surface area contributed by atoms with Crippen molar-refractivity contribution in [2.45, 2.75) is 19.4 Å². The SMILES string of the molecule is Cc1cccc(C(=O)N[C@H]2CCNC2)c1O. The van der Waals surface area contributed by atoms with Crippen LogP contribution in [0.15, 0.2) is 18.2 Å². The quantitative estimate of drug-likeness (QED) is 0.690. The molecule has 0 spiro atoms. The topological polar surface area (TPSA) is 61.4 Å². The summed E-state index contributed by atoms with van der Waals surface area (Å²) in [6.07, 6.45) is 0.943. The zero-order chi connectivity index (χ0) is 11.5. The van der Waals surface area contributed by atoms with Crippen molar-refractivity contribution >= 4 is 5.91 Å². The van der Waals surface area contributed by atoms with Gasteiger partial charge in [-0.1, -0.05) is 12.1 Å². The van der Waals surface area contributed by atoms with Crippen LogP contribution in [-0.4, -0.2) is 30.1 Å². The van der Waals surface area contributed by atoms with Crippen LogP contribution in [0.3, 0.4) is 0 Å². The average molecular weight is 220 g/mol. The molecule has 0 radical (unpaired) electrons. The van der Waals surface area contributed by atoms with Crippen molar-refractivity contribution < 1.29 is 9.90 Å². The smallest absolute Gasteiger partial charge is 0.255 e. The van der Waals surface area contributed by atoms with Gasteiger partial charge < -0.3 is 15.7 Å². The number of benzene rings is 1. The highest BCUT2D eigenvalue weighted by atomic mass is 16.3. The normalized spacial score (nSPS) is 19.7. The zero-order valence-corrected chi connectivity index (χ0v) is 9.29. The van der Waals surface area contributed by atoms with Crippen LogP contribution in [0.4, 0.5) is 0 Å². The minimum Gasteiger partial charge on any atom is -0.507 e. The first kappa shape index (κ1) is 11.0.